The average Bonchev–Trinajstić information content (AvgIpc) is 2.91. The first kappa shape index (κ1) is 13.9. The second-order valence-electron chi connectivity index (χ2n) is 4.78. The molecule has 0 atom stereocenters. The fourth-order valence-corrected chi connectivity index (χ4v) is 2.57. The predicted octanol–water partition coefficient (Wildman–Crippen LogP) is 2.71. The van der Waals surface area contributed by atoms with E-state index < -0.39 is 0 Å². The first-order valence-electron chi connectivity index (χ1n) is 6.60. The van der Waals surface area contributed by atoms with Gasteiger partial charge in [0, 0.05) is 30.4 Å². The Bertz CT molecular complexity index is 771. The maximum Gasteiger partial charge on any atom is 0.143 e. The van der Waals surface area contributed by atoms with Crippen molar-refractivity contribution < 1.29 is 5.11 Å². The lowest BCUT2D eigenvalue weighted by atomic mass is 10.1. The van der Waals surface area contributed by atoms with Crippen molar-refractivity contribution in [2.45, 2.75) is 0 Å². The minimum Gasteiger partial charge on any atom is -0.395 e. The van der Waals surface area contributed by atoms with Crippen molar-refractivity contribution in [2.75, 3.05) is 25.1 Å². The Hall–Kier alpha value is -2.11. The van der Waals surface area contributed by atoms with Crippen LogP contribution in [-0.2, 0) is 0 Å². The van der Waals surface area contributed by atoms with Gasteiger partial charge in [0.05, 0.1) is 12.0 Å². The Morgan fingerprint density at radius 2 is 2.19 bits per heavy atom. The van der Waals surface area contributed by atoms with E-state index in [1.165, 1.54) is 6.33 Å². The van der Waals surface area contributed by atoms with Crippen molar-refractivity contribution in [3.63, 3.8) is 0 Å². The van der Waals surface area contributed by atoms with Crippen LogP contribution < -0.4 is 4.90 Å². The molecule has 0 aliphatic carbocycles. The molecule has 0 radical (unpaired) electrons. The summed E-state index contributed by atoms with van der Waals surface area (Å²) in [7, 11) is 1.90. The van der Waals surface area contributed by atoms with Crippen molar-refractivity contribution in [1.29, 1.82) is 0 Å². The molecular formula is C15H15ClN4O. The number of aliphatic hydroxyl groups excluding tert-OH is 1. The van der Waals surface area contributed by atoms with Crippen LogP contribution in [0.3, 0.4) is 0 Å². The van der Waals surface area contributed by atoms with Gasteiger partial charge in [-0.3, -0.25) is 0 Å². The summed E-state index contributed by atoms with van der Waals surface area (Å²) in [5.74, 6) is 0.783. The molecule has 0 aliphatic rings. The number of likely N-dealkylation sites (N-methyl/N-ethyl adjacent to an activating group) is 1. The molecule has 2 heterocycles. The molecule has 0 fully saturated rings. The van der Waals surface area contributed by atoms with E-state index in [1.807, 2.05) is 42.4 Å². The molecule has 5 nitrogen and oxygen atoms in total. The third-order valence-corrected chi connectivity index (χ3v) is 3.62. The highest BCUT2D eigenvalue weighted by Crippen LogP contribution is 2.33. The fourth-order valence-electron chi connectivity index (χ4n) is 2.38. The number of hydrogen-bond donors (Lipinski definition) is 2. The van der Waals surface area contributed by atoms with E-state index in [0.717, 1.165) is 28.0 Å². The number of halogens is 1. The van der Waals surface area contributed by atoms with Gasteiger partial charge in [-0.15, -0.1) is 0 Å². The Kier molecular flexibility index (Phi) is 3.77. The lowest BCUT2D eigenvalue weighted by Crippen LogP contribution is -2.22. The van der Waals surface area contributed by atoms with Gasteiger partial charge in [0.2, 0.25) is 0 Å². The third-order valence-electron chi connectivity index (χ3n) is 3.38. The van der Waals surface area contributed by atoms with Gasteiger partial charge >= 0.3 is 0 Å². The van der Waals surface area contributed by atoms with Crippen LogP contribution in [0.2, 0.25) is 5.02 Å². The summed E-state index contributed by atoms with van der Waals surface area (Å²) in [5, 5.41) is 10.7. The topological polar surface area (TPSA) is 65.0 Å². The molecule has 0 saturated heterocycles. The van der Waals surface area contributed by atoms with Crippen molar-refractivity contribution in [1.82, 2.24) is 15.0 Å². The van der Waals surface area contributed by atoms with Gasteiger partial charge in [-0.05, 0) is 17.7 Å². The van der Waals surface area contributed by atoms with E-state index in [2.05, 4.69) is 15.0 Å². The monoisotopic (exact) mass is 302 g/mol. The van der Waals surface area contributed by atoms with E-state index in [1.54, 1.807) is 0 Å². The number of aromatic amines is 1. The summed E-state index contributed by atoms with van der Waals surface area (Å²) in [6.45, 7) is 0.575. The second-order valence-corrected chi connectivity index (χ2v) is 5.22. The van der Waals surface area contributed by atoms with Crippen LogP contribution >= 0.6 is 11.6 Å². The molecule has 0 spiro atoms. The lowest BCUT2D eigenvalue weighted by Gasteiger charge is -2.18. The van der Waals surface area contributed by atoms with Crippen LogP contribution in [0.25, 0.3) is 22.2 Å². The number of aliphatic hydroxyl groups is 1. The lowest BCUT2D eigenvalue weighted by molar-refractivity contribution is 0.304. The van der Waals surface area contributed by atoms with Gasteiger partial charge in [0.15, 0.2) is 0 Å². The number of rotatable bonds is 4. The number of aromatic nitrogens is 3. The van der Waals surface area contributed by atoms with E-state index in [0.29, 0.717) is 11.6 Å². The molecule has 3 rings (SSSR count). The highest BCUT2D eigenvalue weighted by molar-refractivity contribution is 6.31. The third kappa shape index (κ3) is 2.57. The van der Waals surface area contributed by atoms with Gasteiger partial charge in [0.1, 0.15) is 17.8 Å². The fraction of sp³-hybridized carbons (Fsp3) is 0.200. The standard InChI is InChI=1S/C15H15ClN4O/c1-20(5-6-21)15-13-12(8-17-14(13)18-9-19-15)10-3-2-4-11(16)7-10/h2-4,7-9,21H,5-6H2,1H3,(H,17,18,19). The molecule has 2 N–H and O–H groups in total. The minimum absolute atomic E-state index is 0.0684. The molecule has 0 bridgehead atoms. The Balaban J connectivity index is 2.20. The van der Waals surface area contributed by atoms with Gasteiger partial charge < -0.3 is 15.0 Å². The van der Waals surface area contributed by atoms with Crippen LogP contribution in [0.1, 0.15) is 0 Å². The number of fused-ring (bicyclic) bond motifs is 1. The number of nitrogens with zero attached hydrogens (tertiary/aromatic N) is 3. The first-order chi connectivity index (χ1) is 10.2. The summed E-state index contributed by atoms with van der Waals surface area (Å²) >= 11 is 6.08. The molecule has 21 heavy (non-hydrogen) atoms. The number of anilines is 1. The molecule has 3 aromatic rings. The summed E-state index contributed by atoms with van der Waals surface area (Å²) in [4.78, 5) is 13.7. The quantitative estimate of drug-likeness (QED) is 0.778. The van der Waals surface area contributed by atoms with E-state index >= 15 is 0 Å². The summed E-state index contributed by atoms with van der Waals surface area (Å²) in [5.41, 5.74) is 2.76. The van der Waals surface area contributed by atoms with Crippen molar-refractivity contribution in [2.24, 2.45) is 0 Å². The SMILES string of the molecule is CN(CCO)c1ncnc2[nH]cc(-c3cccc(Cl)c3)c12. The van der Waals surface area contributed by atoms with Crippen molar-refractivity contribution in [3.05, 3.63) is 41.8 Å². The van der Waals surface area contributed by atoms with Crippen molar-refractivity contribution >= 4 is 28.5 Å². The minimum atomic E-state index is 0.0684. The highest BCUT2D eigenvalue weighted by Gasteiger charge is 2.15. The molecule has 1 aromatic carbocycles. The maximum absolute atomic E-state index is 9.13. The van der Waals surface area contributed by atoms with Gasteiger partial charge in [-0.1, -0.05) is 23.7 Å². The molecule has 6 heteroatoms. The second kappa shape index (κ2) is 5.71. The number of nitrogens with one attached hydrogen (secondary N) is 1. The Morgan fingerprint density at radius 3 is 2.95 bits per heavy atom. The smallest absolute Gasteiger partial charge is 0.143 e. The molecule has 0 aliphatic heterocycles. The molecule has 0 amide bonds. The number of H-pyrrole nitrogens is 1. The van der Waals surface area contributed by atoms with E-state index in [4.69, 9.17) is 16.7 Å². The zero-order chi connectivity index (χ0) is 14.8. The van der Waals surface area contributed by atoms with Crippen LogP contribution in [0.15, 0.2) is 36.8 Å². The van der Waals surface area contributed by atoms with Gasteiger partial charge in [-0.25, -0.2) is 9.97 Å². The van der Waals surface area contributed by atoms with Crippen LogP contribution in [0.5, 0.6) is 0 Å². The van der Waals surface area contributed by atoms with Gasteiger partial charge in [-0.2, -0.15) is 0 Å². The molecule has 0 unspecified atom stereocenters. The Morgan fingerprint density at radius 1 is 1.33 bits per heavy atom. The maximum atomic E-state index is 9.13. The first-order valence-corrected chi connectivity index (χ1v) is 6.98. The van der Waals surface area contributed by atoms with Crippen LogP contribution in [0.4, 0.5) is 5.82 Å². The molecule has 0 saturated carbocycles. The molecular weight excluding hydrogens is 288 g/mol. The van der Waals surface area contributed by atoms with Crippen molar-refractivity contribution in [3.8, 4) is 11.1 Å². The van der Waals surface area contributed by atoms with E-state index in [9.17, 15) is 0 Å². The molecule has 108 valence electrons. The average molecular weight is 303 g/mol. The van der Waals surface area contributed by atoms with Crippen LogP contribution in [-0.4, -0.2) is 40.3 Å². The van der Waals surface area contributed by atoms with E-state index in [-0.39, 0.29) is 6.61 Å². The molecule has 2 aromatic heterocycles. The van der Waals surface area contributed by atoms with Crippen LogP contribution in [0, 0.1) is 0 Å². The summed E-state index contributed by atoms with van der Waals surface area (Å²) in [6.07, 6.45) is 3.42. The largest absolute Gasteiger partial charge is 0.395 e. The number of hydrogen-bond acceptors (Lipinski definition) is 4. The summed E-state index contributed by atoms with van der Waals surface area (Å²) in [6, 6.07) is 7.66. The normalized spacial score (nSPS) is 11.0. The zero-order valence-corrected chi connectivity index (χ0v) is 12.3. The zero-order valence-electron chi connectivity index (χ0n) is 11.5. The summed E-state index contributed by atoms with van der Waals surface area (Å²) < 4.78 is 0. The predicted molar refractivity (Wildman–Crippen MR) is 84.7 cm³/mol. The Labute approximate surface area is 127 Å². The van der Waals surface area contributed by atoms with Gasteiger partial charge in [0.25, 0.3) is 0 Å². The highest BCUT2D eigenvalue weighted by atomic mass is 35.5. The number of benzene rings is 1.